The zero-order valence-electron chi connectivity index (χ0n) is 22.4. The van der Waals surface area contributed by atoms with Crippen LogP contribution in [-0.4, -0.2) is 85.2 Å². The fraction of sp³-hybridized carbons (Fsp3) is 0.419. The number of fused-ring (bicyclic) bond motifs is 2. The highest BCUT2D eigenvalue weighted by molar-refractivity contribution is 6.31. The normalized spacial score (nSPS) is 17.4. The lowest BCUT2D eigenvalue weighted by atomic mass is 10.1. The molecule has 0 aliphatic carbocycles. The molecule has 2 aliphatic heterocycles. The van der Waals surface area contributed by atoms with Crippen molar-refractivity contribution in [2.24, 2.45) is 0 Å². The van der Waals surface area contributed by atoms with E-state index in [1.54, 1.807) is 0 Å². The van der Waals surface area contributed by atoms with Gasteiger partial charge < -0.3 is 9.80 Å². The number of unbranched alkanes of at least 4 members (excludes halogenated alkanes) is 2. The van der Waals surface area contributed by atoms with Gasteiger partial charge in [0.25, 0.3) is 0 Å². The van der Waals surface area contributed by atoms with Crippen molar-refractivity contribution in [1.29, 1.82) is 0 Å². The van der Waals surface area contributed by atoms with Crippen molar-refractivity contribution in [1.82, 2.24) is 19.8 Å². The van der Waals surface area contributed by atoms with Crippen LogP contribution in [0.3, 0.4) is 0 Å². The molecule has 2 aromatic heterocycles. The van der Waals surface area contributed by atoms with Crippen molar-refractivity contribution in [2.75, 3.05) is 75.2 Å². The molecule has 0 amide bonds. The van der Waals surface area contributed by atoms with Crippen molar-refractivity contribution in [3.05, 3.63) is 71.0 Å². The quantitative estimate of drug-likeness (QED) is 0.238. The third-order valence-corrected chi connectivity index (χ3v) is 8.71. The minimum Gasteiger partial charge on any atom is -0.368 e. The van der Waals surface area contributed by atoms with Crippen molar-refractivity contribution in [3.63, 3.8) is 0 Å². The van der Waals surface area contributed by atoms with Gasteiger partial charge in [0.05, 0.1) is 11.0 Å². The zero-order valence-corrected chi connectivity index (χ0v) is 23.9. The van der Waals surface area contributed by atoms with Gasteiger partial charge in [0.1, 0.15) is 0 Å². The largest absolute Gasteiger partial charge is 0.368 e. The predicted octanol–water partition coefficient (Wildman–Crippen LogP) is 6.20. The summed E-state index contributed by atoms with van der Waals surface area (Å²) in [5.41, 5.74) is 4.50. The summed E-state index contributed by atoms with van der Waals surface area (Å²) in [6.45, 7) is 11.1. The zero-order chi connectivity index (χ0) is 26.6. The summed E-state index contributed by atoms with van der Waals surface area (Å²) in [4.78, 5) is 19.3. The molecule has 0 N–H and O–H groups in total. The topological polar surface area (TPSA) is 38.7 Å². The fourth-order valence-electron chi connectivity index (χ4n) is 6.04. The Bertz CT molecular complexity index is 1310. The number of benzene rings is 2. The van der Waals surface area contributed by atoms with E-state index < -0.39 is 0 Å². The molecule has 4 aromatic rings. The molecule has 8 heteroatoms. The fourth-order valence-corrected chi connectivity index (χ4v) is 6.37. The highest BCUT2D eigenvalue weighted by Crippen LogP contribution is 2.29. The molecule has 0 spiro atoms. The monoisotopic (exact) mass is 562 g/mol. The van der Waals surface area contributed by atoms with Gasteiger partial charge >= 0.3 is 0 Å². The SMILES string of the molecule is Clc1ccc2c(N3CCN(CCCCCN4CCN(c5ccnc6cc(Cl)ccc56)CC4)CC3)ccnc2c1. The summed E-state index contributed by atoms with van der Waals surface area (Å²) in [6.07, 6.45) is 7.66. The molecule has 6 rings (SSSR count). The molecule has 0 bridgehead atoms. The molecule has 2 aliphatic rings. The molecule has 2 saturated heterocycles. The highest BCUT2D eigenvalue weighted by atomic mass is 35.5. The molecule has 4 heterocycles. The second-order valence-corrected chi connectivity index (χ2v) is 11.6. The van der Waals surface area contributed by atoms with Crippen molar-refractivity contribution >= 4 is 56.4 Å². The van der Waals surface area contributed by atoms with Crippen LogP contribution < -0.4 is 9.80 Å². The Morgan fingerprint density at radius 1 is 0.538 bits per heavy atom. The van der Waals surface area contributed by atoms with Gasteiger partial charge in [-0.25, -0.2) is 0 Å². The molecule has 0 radical (unpaired) electrons. The summed E-state index contributed by atoms with van der Waals surface area (Å²) >= 11 is 12.3. The standard InChI is InChI=1S/C31H36Cl2N6/c32-24-4-6-26-28(22-24)34-10-8-30(26)38-18-14-36(15-19-38)12-2-1-3-13-37-16-20-39(21-17-37)31-9-11-35-29-23-25(33)5-7-27(29)31/h4-11,22-23H,1-3,12-21H2. The maximum absolute atomic E-state index is 6.17. The van der Waals surface area contributed by atoms with Gasteiger partial charge in [-0.15, -0.1) is 0 Å². The van der Waals surface area contributed by atoms with Crippen LogP contribution in [-0.2, 0) is 0 Å². The molecule has 39 heavy (non-hydrogen) atoms. The van der Waals surface area contributed by atoms with Gasteiger partial charge in [0, 0.05) is 96.9 Å². The first kappa shape index (κ1) is 26.6. The van der Waals surface area contributed by atoms with E-state index in [2.05, 4.69) is 53.8 Å². The Hall–Kier alpha value is -2.64. The number of anilines is 2. The molecule has 0 saturated carbocycles. The Morgan fingerprint density at radius 2 is 0.974 bits per heavy atom. The van der Waals surface area contributed by atoms with Crippen molar-refractivity contribution in [3.8, 4) is 0 Å². The van der Waals surface area contributed by atoms with Crippen LogP contribution >= 0.6 is 23.2 Å². The van der Waals surface area contributed by atoms with Crippen LogP contribution in [0.2, 0.25) is 10.0 Å². The third kappa shape index (κ3) is 6.25. The van der Waals surface area contributed by atoms with Crippen LogP contribution in [0.15, 0.2) is 60.9 Å². The number of rotatable bonds is 8. The van der Waals surface area contributed by atoms with E-state index in [1.165, 1.54) is 54.5 Å². The van der Waals surface area contributed by atoms with E-state index >= 15 is 0 Å². The molecule has 204 valence electrons. The Morgan fingerprint density at radius 3 is 1.41 bits per heavy atom. The predicted molar refractivity (Wildman–Crippen MR) is 165 cm³/mol. The number of hydrogen-bond acceptors (Lipinski definition) is 6. The second kappa shape index (κ2) is 12.3. The molecule has 0 unspecified atom stereocenters. The number of halogens is 2. The van der Waals surface area contributed by atoms with Gasteiger partial charge in [-0.05, 0) is 74.5 Å². The number of hydrogen-bond donors (Lipinski definition) is 0. The van der Waals surface area contributed by atoms with Crippen molar-refractivity contribution in [2.45, 2.75) is 19.3 Å². The summed E-state index contributed by atoms with van der Waals surface area (Å²) in [5.74, 6) is 0. The lowest BCUT2D eigenvalue weighted by Gasteiger charge is -2.37. The molecular formula is C31H36Cl2N6. The van der Waals surface area contributed by atoms with E-state index in [0.717, 1.165) is 73.4 Å². The van der Waals surface area contributed by atoms with E-state index in [1.807, 2.05) is 36.7 Å². The smallest absolute Gasteiger partial charge is 0.0737 e. The minimum absolute atomic E-state index is 0.740. The van der Waals surface area contributed by atoms with E-state index in [0.29, 0.717) is 0 Å². The number of aromatic nitrogens is 2. The molecular weight excluding hydrogens is 527 g/mol. The lowest BCUT2D eigenvalue weighted by Crippen LogP contribution is -2.47. The summed E-state index contributed by atoms with van der Waals surface area (Å²) < 4.78 is 0. The third-order valence-electron chi connectivity index (χ3n) is 8.24. The summed E-state index contributed by atoms with van der Waals surface area (Å²) in [7, 11) is 0. The molecule has 0 atom stereocenters. The first-order valence-corrected chi connectivity index (χ1v) is 14.9. The number of nitrogens with zero attached hydrogens (tertiary/aromatic N) is 6. The first-order valence-electron chi connectivity index (χ1n) is 14.2. The van der Waals surface area contributed by atoms with Crippen LogP contribution in [0.5, 0.6) is 0 Å². The van der Waals surface area contributed by atoms with E-state index in [9.17, 15) is 0 Å². The van der Waals surface area contributed by atoms with Gasteiger partial charge in [0.2, 0.25) is 0 Å². The van der Waals surface area contributed by atoms with Gasteiger partial charge in [-0.2, -0.15) is 0 Å². The molecule has 2 fully saturated rings. The van der Waals surface area contributed by atoms with E-state index in [4.69, 9.17) is 23.2 Å². The molecule has 2 aromatic carbocycles. The first-order chi connectivity index (χ1) is 19.1. The lowest BCUT2D eigenvalue weighted by molar-refractivity contribution is 0.236. The summed E-state index contributed by atoms with van der Waals surface area (Å²) in [6, 6.07) is 16.3. The summed E-state index contributed by atoms with van der Waals surface area (Å²) in [5, 5.41) is 3.86. The van der Waals surface area contributed by atoms with Gasteiger partial charge in [-0.1, -0.05) is 29.6 Å². The van der Waals surface area contributed by atoms with Crippen LogP contribution in [0.4, 0.5) is 11.4 Å². The minimum atomic E-state index is 0.740. The number of pyridine rings is 2. The van der Waals surface area contributed by atoms with E-state index in [-0.39, 0.29) is 0 Å². The molecule has 6 nitrogen and oxygen atoms in total. The maximum Gasteiger partial charge on any atom is 0.0737 e. The highest BCUT2D eigenvalue weighted by Gasteiger charge is 2.20. The Kier molecular flexibility index (Phi) is 8.35. The van der Waals surface area contributed by atoms with Crippen LogP contribution in [0.25, 0.3) is 21.8 Å². The average molecular weight is 564 g/mol. The van der Waals surface area contributed by atoms with Crippen LogP contribution in [0.1, 0.15) is 19.3 Å². The van der Waals surface area contributed by atoms with Gasteiger partial charge in [-0.3, -0.25) is 19.8 Å². The second-order valence-electron chi connectivity index (χ2n) is 10.7. The van der Waals surface area contributed by atoms with Crippen molar-refractivity contribution < 1.29 is 0 Å². The average Bonchev–Trinajstić information content (AvgIpc) is 2.97. The maximum atomic E-state index is 6.17. The van der Waals surface area contributed by atoms with Crippen LogP contribution in [0, 0.1) is 0 Å². The number of piperazine rings is 2. The Labute approximate surface area is 241 Å². The van der Waals surface area contributed by atoms with Gasteiger partial charge in [0.15, 0.2) is 0 Å². The Balaban J connectivity index is 0.899.